The smallest absolute Gasteiger partial charge is 0.414 e. The maximum absolute atomic E-state index is 12.4. The summed E-state index contributed by atoms with van der Waals surface area (Å²) < 4.78 is 11.1. The van der Waals surface area contributed by atoms with E-state index < -0.39 is 0 Å². The Morgan fingerprint density at radius 1 is 1.36 bits per heavy atom. The van der Waals surface area contributed by atoms with Crippen LogP contribution in [0.3, 0.4) is 0 Å². The molecule has 1 saturated carbocycles. The predicted molar refractivity (Wildman–Crippen MR) is 82.1 cm³/mol. The largest absolute Gasteiger partial charge is 0.446 e. The van der Waals surface area contributed by atoms with Gasteiger partial charge in [0.15, 0.2) is 0 Å². The van der Waals surface area contributed by atoms with E-state index in [-0.39, 0.29) is 12.2 Å². The normalized spacial score (nSPS) is 27.2. The highest BCUT2D eigenvalue weighted by molar-refractivity contribution is 5.70. The van der Waals surface area contributed by atoms with Crippen LogP contribution in [-0.4, -0.2) is 43.4 Å². The maximum Gasteiger partial charge on any atom is 0.414 e. The van der Waals surface area contributed by atoms with E-state index in [1.165, 1.54) is 11.3 Å². The second-order valence-electron chi connectivity index (χ2n) is 7.07. The Morgan fingerprint density at radius 2 is 2.18 bits per heavy atom. The van der Waals surface area contributed by atoms with Gasteiger partial charge < -0.3 is 14.8 Å². The molecule has 120 valence electrons. The average Bonchev–Trinajstić information content (AvgIpc) is 2.53. The van der Waals surface area contributed by atoms with E-state index in [2.05, 4.69) is 5.32 Å². The van der Waals surface area contributed by atoms with Crippen molar-refractivity contribution >= 4 is 6.09 Å². The number of ether oxygens (including phenoxy) is 2. The Labute approximate surface area is 131 Å². The van der Waals surface area contributed by atoms with Crippen molar-refractivity contribution in [3.63, 3.8) is 0 Å². The van der Waals surface area contributed by atoms with Crippen molar-refractivity contribution in [1.29, 1.82) is 0 Å². The number of nitrogens with one attached hydrogen (secondary N) is 1. The molecule has 0 radical (unpaired) electrons. The molecular weight excluding hydrogens is 280 g/mol. The highest BCUT2D eigenvalue weighted by atomic mass is 16.6. The molecule has 22 heavy (non-hydrogen) atoms. The summed E-state index contributed by atoms with van der Waals surface area (Å²) >= 11 is 0. The van der Waals surface area contributed by atoms with Crippen LogP contribution >= 0.6 is 0 Å². The van der Waals surface area contributed by atoms with Gasteiger partial charge in [0, 0.05) is 23.9 Å². The number of carbonyl (C=O) groups is 1. The van der Waals surface area contributed by atoms with E-state index in [0.717, 1.165) is 58.3 Å². The van der Waals surface area contributed by atoms with Crippen molar-refractivity contribution in [2.24, 2.45) is 5.41 Å². The maximum atomic E-state index is 12.4. The van der Waals surface area contributed by atoms with Crippen LogP contribution in [0, 0.1) is 5.41 Å². The van der Waals surface area contributed by atoms with Crippen LogP contribution in [0.5, 0.6) is 0 Å². The second kappa shape index (κ2) is 5.61. The summed E-state index contributed by atoms with van der Waals surface area (Å²) in [6.07, 6.45) is 10.1. The minimum absolute atomic E-state index is 0.0759. The molecule has 0 aromatic carbocycles. The quantitative estimate of drug-likeness (QED) is 0.809. The highest BCUT2D eigenvalue weighted by Gasteiger charge is 2.42. The standard InChI is InChI=1S/C17H24N2O3/c20-16(19-9-5-15-13(10-19)2-1-8-18-15)22-14-3-6-17(7-4-14)11-21-12-17/h5,9,14,18H,1-4,6-8,10-12H2. The molecule has 1 saturated heterocycles. The third-order valence-corrected chi connectivity index (χ3v) is 5.45. The molecule has 2 fully saturated rings. The van der Waals surface area contributed by atoms with Gasteiger partial charge in [0.2, 0.25) is 0 Å². The zero-order chi connectivity index (χ0) is 15.0. The molecule has 5 nitrogen and oxygen atoms in total. The summed E-state index contributed by atoms with van der Waals surface area (Å²) in [5, 5.41) is 3.39. The van der Waals surface area contributed by atoms with E-state index in [4.69, 9.17) is 9.47 Å². The number of hydrogen-bond acceptors (Lipinski definition) is 4. The average molecular weight is 304 g/mol. The first kappa shape index (κ1) is 14.1. The Bertz CT molecular complexity index is 512. The Kier molecular flexibility index (Phi) is 3.60. The molecule has 5 heteroatoms. The third-order valence-electron chi connectivity index (χ3n) is 5.45. The van der Waals surface area contributed by atoms with Gasteiger partial charge >= 0.3 is 6.09 Å². The molecule has 0 unspecified atom stereocenters. The number of hydrogen-bond donors (Lipinski definition) is 1. The van der Waals surface area contributed by atoms with Crippen LogP contribution in [-0.2, 0) is 9.47 Å². The summed E-state index contributed by atoms with van der Waals surface area (Å²) in [4.78, 5) is 14.1. The van der Waals surface area contributed by atoms with Crippen molar-refractivity contribution in [2.75, 3.05) is 26.3 Å². The van der Waals surface area contributed by atoms with Crippen molar-refractivity contribution in [3.8, 4) is 0 Å². The molecule has 0 bridgehead atoms. The van der Waals surface area contributed by atoms with Gasteiger partial charge in [-0.25, -0.2) is 4.79 Å². The van der Waals surface area contributed by atoms with Crippen LogP contribution in [0.15, 0.2) is 23.5 Å². The molecule has 1 N–H and O–H groups in total. The first-order chi connectivity index (χ1) is 10.7. The molecule has 3 heterocycles. The molecule has 0 atom stereocenters. The van der Waals surface area contributed by atoms with Gasteiger partial charge in [0.1, 0.15) is 6.10 Å². The van der Waals surface area contributed by atoms with E-state index in [1.807, 2.05) is 12.3 Å². The summed E-state index contributed by atoms with van der Waals surface area (Å²) in [6, 6.07) is 0. The number of carbonyl (C=O) groups excluding carboxylic acids is 1. The van der Waals surface area contributed by atoms with Crippen molar-refractivity contribution in [1.82, 2.24) is 10.2 Å². The fourth-order valence-electron chi connectivity index (χ4n) is 3.88. The first-order valence-corrected chi connectivity index (χ1v) is 8.43. The van der Waals surface area contributed by atoms with Crippen molar-refractivity contribution in [3.05, 3.63) is 23.5 Å². The molecule has 4 rings (SSSR count). The number of amides is 1. The Balaban J connectivity index is 1.30. The lowest BCUT2D eigenvalue weighted by molar-refractivity contribution is -0.143. The molecule has 3 aliphatic heterocycles. The van der Waals surface area contributed by atoms with E-state index in [0.29, 0.717) is 12.0 Å². The van der Waals surface area contributed by atoms with Crippen LogP contribution < -0.4 is 5.32 Å². The molecule has 0 aromatic rings. The van der Waals surface area contributed by atoms with Crippen LogP contribution in [0.4, 0.5) is 4.79 Å². The van der Waals surface area contributed by atoms with Gasteiger partial charge in [-0.15, -0.1) is 0 Å². The second-order valence-corrected chi connectivity index (χ2v) is 7.07. The summed E-state index contributed by atoms with van der Waals surface area (Å²) in [7, 11) is 0. The van der Waals surface area contributed by atoms with Gasteiger partial charge in [0.05, 0.1) is 19.8 Å². The van der Waals surface area contributed by atoms with E-state index >= 15 is 0 Å². The molecular formula is C17H24N2O3. The first-order valence-electron chi connectivity index (χ1n) is 8.43. The van der Waals surface area contributed by atoms with Crippen LogP contribution in [0.25, 0.3) is 0 Å². The minimum Gasteiger partial charge on any atom is -0.446 e. The van der Waals surface area contributed by atoms with Gasteiger partial charge in [-0.05, 0) is 50.2 Å². The highest BCUT2D eigenvalue weighted by Crippen LogP contribution is 2.43. The topological polar surface area (TPSA) is 50.8 Å². The Hall–Kier alpha value is -1.49. The van der Waals surface area contributed by atoms with Crippen LogP contribution in [0.2, 0.25) is 0 Å². The zero-order valence-electron chi connectivity index (χ0n) is 13.0. The molecule has 1 aliphatic carbocycles. The van der Waals surface area contributed by atoms with Gasteiger partial charge in [-0.1, -0.05) is 0 Å². The Morgan fingerprint density at radius 3 is 2.91 bits per heavy atom. The monoisotopic (exact) mass is 304 g/mol. The third kappa shape index (κ3) is 2.62. The fraction of sp³-hybridized carbons (Fsp3) is 0.706. The van der Waals surface area contributed by atoms with Crippen LogP contribution in [0.1, 0.15) is 38.5 Å². The lowest BCUT2D eigenvalue weighted by Gasteiger charge is -2.46. The number of allylic oxidation sites excluding steroid dienone is 1. The molecule has 4 aliphatic rings. The van der Waals surface area contributed by atoms with Crippen molar-refractivity contribution in [2.45, 2.75) is 44.6 Å². The minimum atomic E-state index is -0.195. The zero-order valence-corrected chi connectivity index (χ0v) is 13.0. The van der Waals surface area contributed by atoms with Gasteiger partial charge in [0.25, 0.3) is 0 Å². The predicted octanol–water partition coefficient (Wildman–Crippen LogP) is 2.55. The summed E-state index contributed by atoms with van der Waals surface area (Å²) in [5.74, 6) is 0. The van der Waals surface area contributed by atoms with Gasteiger partial charge in [-0.3, -0.25) is 4.90 Å². The molecule has 1 spiro atoms. The van der Waals surface area contributed by atoms with E-state index in [9.17, 15) is 4.79 Å². The summed E-state index contributed by atoms with van der Waals surface area (Å²) in [5.41, 5.74) is 2.92. The fourth-order valence-corrected chi connectivity index (χ4v) is 3.88. The SMILES string of the molecule is O=C(OC1CCC2(CC1)COC2)N1C=CC2=C(CCCN2)C1. The number of nitrogens with zero attached hydrogens (tertiary/aromatic N) is 1. The van der Waals surface area contributed by atoms with E-state index in [1.54, 1.807) is 4.90 Å². The van der Waals surface area contributed by atoms with Gasteiger partial charge in [-0.2, -0.15) is 0 Å². The van der Waals surface area contributed by atoms with Crippen molar-refractivity contribution < 1.29 is 14.3 Å². The lowest BCUT2D eigenvalue weighted by atomic mass is 9.72. The molecule has 0 aromatic heterocycles. The number of rotatable bonds is 1. The summed E-state index contributed by atoms with van der Waals surface area (Å²) in [6.45, 7) is 3.49. The lowest BCUT2D eigenvalue weighted by Crippen LogP contribution is -2.47. The molecule has 1 amide bonds.